The largest absolute Gasteiger partial charge is 0.481 e. The summed E-state index contributed by atoms with van der Waals surface area (Å²) in [6, 6.07) is -0.741. The molecule has 0 saturated carbocycles. The smallest absolute Gasteiger partial charge is 0.300 e. The highest BCUT2D eigenvalue weighted by atomic mass is 16.4. The van der Waals surface area contributed by atoms with E-state index in [1.165, 1.54) is 0 Å². The quantitative estimate of drug-likeness (QED) is 0.208. The van der Waals surface area contributed by atoms with Gasteiger partial charge >= 0.3 is 0 Å². The van der Waals surface area contributed by atoms with Crippen molar-refractivity contribution in [3.8, 4) is 0 Å². The lowest BCUT2D eigenvalue weighted by molar-refractivity contribution is -0.135. The van der Waals surface area contributed by atoms with Crippen LogP contribution in [0.25, 0.3) is 0 Å². The van der Waals surface area contributed by atoms with Gasteiger partial charge in [-0.25, -0.2) is 0 Å². The number of rotatable bonds is 5. The first-order valence-corrected chi connectivity index (χ1v) is 7.37. The van der Waals surface area contributed by atoms with Crippen molar-refractivity contribution in [2.75, 3.05) is 19.8 Å². The molecule has 0 aliphatic rings. The molecule has 0 heterocycles. The van der Waals surface area contributed by atoms with Crippen molar-refractivity contribution in [1.82, 2.24) is 0 Å². The van der Waals surface area contributed by atoms with Gasteiger partial charge in [-0.3, -0.25) is 19.2 Å². The Bertz CT molecular complexity index is 365. The summed E-state index contributed by atoms with van der Waals surface area (Å²) < 4.78 is 0. The van der Waals surface area contributed by atoms with E-state index < -0.39 is 54.8 Å². The number of aliphatic hydroxyl groups is 3. The molecule has 2 unspecified atom stereocenters. The van der Waals surface area contributed by atoms with E-state index in [0.29, 0.717) is 0 Å². The third-order valence-corrected chi connectivity index (χ3v) is 1.86. The molecule has 170 valence electrons. The van der Waals surface area contributed by atoms with Crippen LogP contribution in [0.2, 0.25) is 0 Å². The minimum atomic E-state index is -1.47. The molecule has 0 radical (unpaired) electrons. The third kappa shape index (κ3) is 49.5. The summed E-state index contributed by atoms with van der Waals surface area (Å²) in [5, 5.41) is 56.6. The molecule has 0 aliphatic carbocycles. The van der Waals surface area contributed by atoms with Gasteiger partial charge in [-0.1, -0.05) is 0 Å². The second-order valence-corrected chi connectivity index (χ2v) is 4.97. The number of aliphatic hydroxyl groups excluding tert-OH is 3. The van der Waals surface area contributed by atoms with E-state index in [9.17, 15) is 5.11 Å². The second kappa shape index (κ2) is 22.7. The van der Waals surface area contributed by atoms with E-state index in [2.05, 4.69) is 0 Å². The monoisotopic (exact) mass is 419 g/mol. The van der Waals surface area contributed by atoms with Crippen molar-refractivity contribution in [1.29, 1.82) is 0 Å². The van der Waals surface area contributed by atoms with E-state index in [-0.39, 0.29) is 6.54 Å². The summed E-state index contributed by atoms with van der Waals surface area (Å²) in [7, 11) is 0. The molecule has 0 aromatic heterocycles. The maximum Gasteiger partial charge on any atom is 0.300 e. The highest BCUT2D eigenvalue weighted by Crippen LogP contribution is 2.07. The first-order chi connectivity index (χ1) is 12.4. The van der Waals surface area contributed by atoms with E-state index in [0.717, 1.165) is 27.7 Å². The van der Waals surface area contributed by atoms with Crippen LogP contribution in [-0.2, 0) is 19.2 Å². The number of hydrogen-bond acceptors (Lipinski definition) is 10. The number of aliphatic carboxylic acids is 4. The van der Waals surface area contributed by atoms with Crippen LogP contribution in [0.3, 0.4) is 0 Å². The predicted octanol–water partition coefficient (Wildman–Crippen LogP) is -3.32. The summed E-state index contributed by atoms with van der Waals surface area (Å²) >= 11 is 0. The molecule has 0 rings (SSSR count). The van der Waals surface area contributed by atoms with Gasteiger partial charge in [0, 0.05) is 40.3 Å². The Balaban J connectivity index is -0.0000000910. The Morgan fingerprint density at radius 3 is 1.07 bits per heavy atom. The predicted molar refractivity (Wildman–Crippen MR) is 97.4 cm³/mol. The molecule has 0 bridgehead atoms. The molecule has 2 atom stereocenters. The van der Waals surface area contributed by atoms with Crippen molar-refractivity contribution in [3.63, 3.8) is 0 Å². The summed E-state index contributed by atoms with van der Waals surface area (Å²) in [5.41, 5.74) is 14.5. The van der Waals surface area contributed by atoms with Crippen molar-refractivity contribution in [2.45, 2.75) is 45.4 Å². The molecule has 0 saturated heterocycles. The van der Waals surface area contributed by atoms with Crippen LogP contribution in [0.15, 0.2) is 0 Å². The minimum absolute atomic E-state index is 0.0418. The number of carboxylic acid groups (broad SMARTS) is 4. The molecule has 0 aromatic rings. The average Bonchev–Trinajstić information content (AvgIpc) is 2.50. The molecule has 13 N–H and O–H groups in total. The Morgan fingerprint density at radius 1 is 0.786 bits per heavy atom. The van der Waals surface area contributed by atoms with Crippen LogP contribution in [0.1, 0.15) is 27.7 Å². The zero-order valence-corrected chi connectivity index (χ0v) is 16.3. The number of carboxylic acids is 4. The van der Waals surface area contributed by atoms with Crippen molar-refractivity contribution >= 4 is 23.9 Å². The van der Waals surface area contributed by atoms with Gasteiger partial charge in [-0.05, 0) is 0 Å². The zero-order chi connectivity index (χ0) is 24.1. The molecule has 0 aliphatic heterocycles. The number of hydrogen-bond donors (Lipinski definition) is 10. The molecule has 14 heteroatoms. The van der Waals surface area contributed by atoms with Gasteiger partial charge in [0.15, 0.2) is 0 Å². The highest BCUT2D eigenvalue weighted by molar-refractivity contribution is 5.63. The molecule has 0 aromatic carbocycles. The Hall–Kier alpha value is -2.36. The lowest BCUT2D eigenvalue weighted by Crippen LogP contribution is -2.64. The van der Waals surface area contributed by atoms with Crippen LogP contribution in [0.4, 0.5) is 0 Å². The molecule has 0 fully saturated rings. The molecular weight excluding hydrogens is 386 g/mol. The summed E-state index contributed by atoms with van der Waals surface area (Å²) in [6.07, 6.45) is -1.21. The first-order valence-electron chi connectivity index (χ1n) is 7.37. The van der Waals surface area contributed by atoms with Crippen LogP contribution >= 0.6 is 0 Å². The third-order valence-electron chi connectivity index (χ3n) is 1.86. The van der Waals surface area contributed by atoms with Gasteiger partial charge in [0.25, 0.3) is 23.9 Å². The van der Waals surface area contributed by atoms with Gasteiger partial charge in [-0.15, -0.1) is 0 Å². The molecule has 14 nitrogen and oxygen atoms in total. The normalized spacial score (nSPS) is 11.1. The van der Waals surface area contributed by atoms with Crippen molar-refractivity contribution in [2.24, 2.45) is 17.2 Å². The SMILES string of the molecule is CC(=O)O.CC(=O)O.CC(=O)O.CC(=O)O.NCC(N)C(O)C(N)(CO)CO. The highest BCUT2D eigenvalue weighted by Gasteiger charge is 2.35. The maximum absolute atomic E-state index is 9.39. The Morgan fingerprint density at radius 2 is 0.964 bits per heavy atom. The van der Waals surface area contributed by atoms with E-state index in [4.69, 9.17) is 67.0 Å². The summed E-state index contributed by atoms with van der Waals surface area (Å²) in [5.74, 6) is -3.33. The van der Waals surface area contributed by atoms with Gasteiger partial charge < -0.3 is 52.9 Å². The number of carbonyl (C=O) groups is 4. The molecular formula is C14H33N3O11. The summed E-state index contributed by atoms with van der Waals surface area (Å²) in [6.45, 7) is 3.29. The topological polar surface area (TPSA) is 288 Å². The fraction of sp³-hybridized carbons (Fsp3) is 0.714. The standard InChI is InChI=1S/C6H17N3O3.4C2H4O2/c7-1-4(8)5(12)6(9,2-10)3-11;4*1-2(3)4/h4-5,10-12H,1-3,7-9H2;4*1H3,(H,3,4). The van der Waals surface area contributed by atoms with Crippen LogP contribution in [0, 0.1) is 0 Å². The summed E-state index contributed by atoms with van der Waals surface area (Å²) in [4.78, 5) is 36.0. The van der Waals surface area contributed by atoms with Gasteiger partial charge in [0.1, 0.15) is 0 Å². The minimum Gasteiger partial charge on any atom is -0.481 e. The lowest BCUT2D eigenvalue weighted by Gasteiger charge is -2.33. The van der Waals surface area contributed by atoms with Crippen LogP contribution in [-0.4, -0.2) is 97.1 Å². The average molecular weight is 419 g/mol. The van der Waals surface area contributed by atoms with Gasteiger partial charge in [0.05, 0.1) is 24.9 Å². The fourth-order valence-electron chi connectivity index (χ4n) is 0.792. The van der Waals surface area contributed by atoms with E-state index in [1.54, 1.807) is 0 Å². The van der Waals surface area contributed by atoms with Gasteiger partial charge in [0.2, 0.25) is 0 Å². The molecule has 0 spiro atoms. The van der Waals surface area contributed by atoms with Crippen molar-refractivity contribution in [3.05, 3.63) is 0 Å². The maximum atomic E-state index is 9.39. The Kier molecular flexibility index (Phi) is 29.6. The first kappa shape index (κ1) is 36.5. The number of nitrogens with two attached hydrogens (primary N) is 3. The van der Waals surface area contributed by atoms with Crippen LogP contribution < -0.4 is 17.2 Å². The van der Waals surface area contributed by atoms with E-state index >= 15 is 0 Å². The van der Waals surface area contributed by atoms with E-state index in [1.807, 2.05) is 0 Å². The molecule has 0 amide bonds. The van der Waals surface area contributed by atoms with Crippen LogP contribution in [0.5, 0.6) is 0 Å². The fourth-order valence-corrected chi connectivity index (χ4v) is 0.792. The lowest BCUT2D eigenvalue weighted by atomic mass is 9.90. The van der Waals surface area contributed by atoms with Crippen molar-refractivity contribution < 1.29 is 54.9 Å². The Labute approximate surface area is 162 Å². The molecule has 28 heavy (non-hydrogen) atoms. The van der Waals surface area contributed by atoms with Gasteiger partial charge in [-0.2, -0.15) is 0 Å². The second-order valence-electron chi connectivity index (χ2n) is 4.97. The zero-order valence-electron chi connectivity index (χ0n) is 16.3.